The van der Waals surface area contributed by atoms with Crippen LogP contribution in [0.2, 0.25) is 10.0 Å². The van der Waals surface area contributed by atoms with E-state index in [2.05, 4.69) is 5.32 Å². The van der Waals surface area contributed by atoms with Gasteiger partial charge in [0.2, 0.25) is 11.8 Å². The molecule has 0 aliphatic heterocycles. The molecule has 2 rings (SSSR count). The average molecular weight is 512 g/mol. The molecule has 33 heavy (non-hydrogen) atoms. The Bertz CT molecular complexity index is 904. The van der Waals surface area contributed by atoms with Gasteiger partial charge >= 0.3 is 0 Å². The zero-order chi connectivity index (χ0) is 24.4. The summed E-state index contributed by atoms with van der Waals surface area (Å²) in [6.45, 7) is 6.24. The quantitative estimate of drug-likeness (QED) is 0.382. The van der Waals surface area contributed by atoms with Crippen LogP contribution in [0, 0.1) is 0 Å². The van der Waals surface area contributed by atoms with E-state index in [0.717, 1.165) is 23.3 Å². The Kier molecular flexibility index (Phi) is 11.4. The molecule has 0 unspecified atom stereocenters. The lowest BCUT2D eigenvalue weighted by molar-refractivity contribution is -0.139. The molecular formula is C25H32Cl2N2O3S. The van der Waals surface area contributed by atoms with E-state index in [9.17, 15) is 9.59 Å². The smallest absolute Gasteiger partial charge is 0.243 e. The van der Waals surface area contributed by atoms with Gasteiger partial charge in [-0.25, -0.2) is 0 Å². The fourth-order valence-electron chi connectivity index (χ4n) is 3.28. The molecular weight excluding hydrogens is 479 g/mol. The Morgan fingerprint density at radius 3 is 2.24 bits per heavy atom. The van der Waals surface area contributed by atoms with Crippen molar-refractivity contribution in [3.63, 3.8) is 0 Å². The van der Waals surface area contributed by atoms with Gasteiger partial charge in [-0.1, -0.05) is 55.2 Å². The summed E-state index contributed by atoms with van der Waals surface area (Å²) in [5.74, 6) is 1.23. The molecule has 2 aromatic rings. The summed E-state index contributed by atoms with van der Waals surface area (Å²) in [5.41, 5.74) is 1.74. The highest BCUT2D eigenvalue weighted by Gasteiger charge is 2.29. The normalized spacial score (nSPS) is 12.7. The van der Waals surface area contributed by atoms with Crippen molar-refractivity contribution in [1.29, 1.82) is 0 Å². The molecule has 0 bridgehead atoms. The maximum absolute atomic E-state index is 13.3. The van der Waals surface area contributed by atoms with Crippen LogP contribution >= 0.6 is 35.0 Å². The van der Waals surface area contributed by atoms with Crippen LogP contribution in [0.5, 0.6) is 5.75 Å². The third-order valence-corrected chi connectivity index (χ3v) is 7.08. The van der Waals surface area contributed by atoms with Gasteiger partial charge in [-0.2, -0.15) is 0 Å². The van der Waals surface area contributed by atoms with E-state index in [-0.39, 0.29) is 23.6 Å². The lowest BCUT2D eigenvalue weighted by atomic mass is 10.1. The Labute approximate surface area is 211 Å². The fourth-order valence-corrected chi connectivity index (χ4v) is 4.93. The lowest BCUT2D eigenvalue weighted by Gasteiger charge is -2.31. The standard InChI is InChI=1S/C25H32Cl2N2O3S/c1-5-17(3)28-25(31)23(6-2)29(14-18-10-12-19(32-4)13-11-18)24(30)16-33-15-20-21(26)8-7-9-22(20)27/h7-13,17,23H,5-6,14-16H2,1-4H3,(H,28,31)/t17-,23+/m1/s1. The molecule has 0 aromatic heterocycles. The summed E-state index contributed by atoms with van der Waals surface area (Å²) in [6, 6.07) is 12.4. The number of amides is 2. The zero-order valence-electron chi connectivity index (χ0n) is 19.6. The number of carbonyl (C=O) groups is 2. The predicted octanol–water partition coefficient (Wildman–Crippen LogP) is 5.96. The van der Waals surface area contributed by atoms with Gasteiger partial charge in [0, 0.05) is 28.4 Å². The van der Waals surface area contributed by atoms with Gasteiger partial charge in [-0.05, 0) is 55.2 Å². The molecule has 0 spiro atoms. The first-order valence-electron chi connectivity index (χ1n) is 11.0. The Morgan fingerprint density at radius 1 is 1.06 bits per heavy atom. The number of benzene rings is 2. The first-order chi connectivity index (χ1) is 15.8. The summed E-state index contributed by atoms with van der Waals surface area (Å²) >= 11 is 14.0. The zero-order valence-corrected chi connectivity index (χ0v) is 21.9. The second-order valence-corrected chi connectivity index (χ2v) is 9.60. The van der Waals surface area contributed by atoms with Crippen molar-refractivity contribution in [2.75, 3.05) is 12.9 Å². The first kappa shape index (κ1) is 27.4. The minimum absolute atomic E-state index is 0.0428. The topological polar surface area (TPSA) is 58.6 Å². The minimum Gasteiger partial charge on any atom is -0.497 e. The van der Waals surface area contributed by atoms with Gasteiger partial charge in [0.1, 0.15) is 11.8 Å². The average Bonchev–Trinajstić information content (AvgIpc) is 2.81. The second-order valence-electron chi connectivity index (χ2n) is 7.80. The molecule has 5 nitrogen and oxygen atoms in total. The number of nitrogens with zero attached hydrogens (tertiary/aromatic N) is 1. The van der Waals surface area contributed by atoms with E-state index in [0.29, 0.717) is 28.8 Å². The van der Waals surface area contributed by atoms with Crippen LogP contribution in [-0.2, 0) is 21.9 Å². The molecule has 0 aliphatic rings. The van der Waals surface area contributed by atoms with Crippen molar-refractivity contribution in [3.05, 3.63) is 63.6 Å². The molecule has 0 radical (unpaired) electrons. The molecule has 0 saturated carbocycles. The van der Waals surface area contributed by atoms with E-state index in [1.54, 1.807) is 30.2 Å². The SMILES string of the molecule is CC[C@@H](C)NC(=O)[C@H](CC)N(Cc1ccc(OC)cc1)C(=O)CSCc1c(Cl)cccc1Cl. The number of rotatable bonds is 12. The van der Waals surface area contributed by atoms with Crippen LogP contribution in [0.3, 0.4) is 0 Å². The van der Waals surface area contributed by atoms with Crippen molar-refractivity contribution in [3.8, 4) is 5.75 Å². The van der Waals surface area contributed by atoms with Crippen LogP contribution in [-0.4, -0.2) is 41.7 Å². The van der Waals surface area contributed by atoms with Gasteiger partial charge < -0.3 is 15.0 Å². The van der Waals surface area contributed by atoms with E-state index in [1.807, 2.05) is 45.0 Å². The highest BCUT2D eigenvalue weighted by molar-refractivity contribution is 7.99. The summed E-state index contributed by atoms with van der Waals surface area (Å²) < 4.78 is 5.23. The molecule has 0 saturated heterocycles. The highest BCUT2D eigenvalue weighted by Crippen LogP contribution is 2.28. The molecule has 2 amide bonds. The van der Waals surface area contributed by atoms with E-state index in [1.165, 1.54) is 11.8 Å². The molecule has 2 atom stereocenters. The number of methoxy groups -OCH3 is 1. The van der Waals surface area contributed by atoms with Gasteiger partial charge in [-0.15, -0.1) is 11.8 Å². The van der Waals surface area contributed by atoms with Gasteiger partial charge in [-0.3, -0.25) is 9.59 Å². The third kappa shape index (κ3) is 8.13. The number of thioether (sulfide) groups is 1. The third-order valence-electron chi connectivity index (χ3n) is 5.43. The van der Waals surface area contributed by atoms with E-state index in [4.69, 9.17) is 27.9 Å². The second kappa shape index (κ2) is 13.7. The molecule has 2 aromatic carbocycles. The lowest BCUT2D eigenvalue weighted by Crippen LogP contribution is -2.51. The highest BCUT2D eigenvalue weighted by atomic mass is 35.5. The van der Waals surface area contributed by atoms with E-state index >= 15 is 0 Å². The van der Waals surface area contributed by atoms with Crippen LogP contribution in [0.1, 0.15) is 44.7 Å². The van der Waals surface area contributed by atoms with Crippen molar-refractivity contribution >= 4 is 46.8 Å². The van der Waals surface area contributed by atoms with Crippen molar-refractivity contribution in [1.82, 2.24) is 10.2 Å². The van der Waals surface area contributed by atoms with Gasteiger partial charge in [0.05, 0.1) is 12.9 Å². The van der Waals surface area contributed by atoms with Crippen LogP contribution in [0.25, 0.3) is 0 Å². The first-order valence-corrected chi connectivity index (χ1v) is 12.9. The number of carbonyl (C=O) groups excluding carboxylic acids is 2. The van der Waals surface area contributed by atoms with Gasteiger partial charge in [0.15, 0.2) is 0 Å². The van der Waals surface area contributed by atoms with Crippen molar-refractivity contribution < 1.29 is 14.3 Å². The van der Waals surface area contributed by atoms with Crippen molar-refractivity contribution in [2.24, 2.45) is 0 Å². The number of nitrogens with one attached hydrogen (secondary N) is 1. The van der Waals surface area contributed by atoms with Gasteiger partial charge in [0.25, 0.3) is 0 Å². The maximum atomic E-state index is 13.3. The molecule has 1 N–H and O–H groups in total. The van der Waals surface area contributed by atoms with Crippen LogP contribution < -0.4 is 10.1 Å². The summed E-state index contributed by atoms with van der Waals surface area (Å²) in [6.07, 6.45) is 1.34. The monoisotopic (exact) mass is 510 g/mol. The number of halogens is 2. The molecule has 0 heterocycles. The maximum Gasteiger partial charge on any atom is 0.243 e. The largest absolute Gasteiger partial charge is 0.497 e. The molecule has 0 aliphatic carbocycles. The summed E-state index contributed by atoms with van der Waals surface area (Å²) in [5, 5.41) is 4.18. The summed E-state index contributed by atoms with van der Waals surface area (Å²) in [7, 11) is 1.61. The Morgan fingerprint density at radius 2 is 1.70 bits per heavy atom. The fraction of sp³-hybridized carbons (Fsp3) is 0.440. The number of hydrogen-bond donors (Lipinski definition) is 1. The molecule has 8 heteroatoms. The summed E-state index contributed by atoms with van der Waals surface area (Å²) in [4.78, 5) is 28.0. The minimum atomic E-state index is -0.557. The number of hydrogen-bond acceptors (Lipinski definition) is 4. The number of ether oxygens (including phenoxy) is 1. The van der Waals surface area contributed by atoms with Crippen molar-refractivity contribution in [2.45, 2.75) is 58.0 Å². The molecule has 0 fully saturated rings. The Hall–Kier alpha value is -1.89. The van der Waals surface area contributed by atoms with Crippen LogP contribution in [0.15, 0.2) is 42.5 Å². The van der Waals surface area contributed by atoms with Crippen LogP contribution in [0.4, 0.5) is 0 Å². The molecule has 180 valence electrons. The van der Waals surface area contributed by atoms with E-state index < -0.39 is 6.04 Å². The predicted molar refractivity (Wildman–Crippen MR) is 138 cm³/mol. The Balaban J connectivity index is 2.18.